The third-order valence-electron chi connectivity index (χ3n) is 10.1. The molecule has 0 aliphatic heterocycles. The maximum atomic E-state index is 14.5. The number of carbonyl (C=O) groups excluding carboxylic acids is 1. The number of carbonyl (C=O) groups is 1. The number of hydrogen-bond acceptors (Lipinski definition) is 5. The minimum absolute atomic E-state index is 0.101. The van der Waals surface area contributed by atoms with Gasteiger partial charge in [-0.05, 0) is 105 Å². The SMILES string of the molecule is CN(C)c1ccc(C(=CCC(CC(=O)c2ccc3ccccc3c2)=C(c2ccc(N(C)C)cc2)c2ccc(N(C)C)cc2)c2ccc(N(C)C)cc2)cc1. The fourth-order valence-corrected chi connectivity index (χ4v) is 6.85. The molecule has 0 radical (unpaired) electrons. The number of rotatable bonds is 13. The van der Waals surface area contributed by atoms with Crippen LogP contribution in [-0.4, -0.2) is 62.2 Å². The van der Waals surface area contributed by atoms with E-state index in [9.17, 15) is 4.79 Å². The molecule has 0 saturated heterocycles. The van der Waals surface area contributed by atoms with E-state index in [0.29, 0.717) is 6.42 Å². The van der Waals surface area contributed by atoms with E-state index in [0.717, 1.165) is 78.1 Å². The zero-order valence-electron chi connectivity index (χ0n) is 33.0. The Morgan fingerprint density at radius 1 is 0.444 bits per heavy atom. The second-order valence-corrected chi connectivity index (χ2v) is 14.7. The van der Waals surface area contributed by atoms with Crippen LogP contribution in [0.3, 0.4) is 0 Å². The number of fused-ring (bicyclic) bond motifs is 1. The molecule has 6 aromatic rings. The molecule has 54 heavy (non-hydrogen) atoms. The van der Waals surface area contributed by atoms with Crippen LogP contribution in [0.2, 0.25) is 0 Å². The van der Waals surface area contributed by atoms with Crippen molar-refractivity contribution in [3.8, 4) is 0 Å². The van der Waals surface area contributed by atoms with Crippen LogP contribution in [0.1, 0.15) is 45.5 Å². The lowest BCUT2D eigenvalue weighted by molar-refractivity contribution is 0.0992. The Hall–Kier alpha value is -6.07. The molecule has 0 saturated carbocycles. The van der Waals surface area contributed by atoms with Crippen molar-refractivity contribution in [3.05, 3.63) is 179 Å². The lowest BCUT2D eigenvalue weighted by atomic mass is 9.86. The van der Waals surface area contributed by atoms with Crippen molar-refractivity contribution in [2.75, 3.05) is 76.0 Å². The van der Waals surface area contributed by atoms with E-state index in [4.69, 9.17) is 0 Å². The van der Waals surface area contributed by atoms with Crippen LogP contribution in [0.15, 0.2) is 151 Å². The molecule has 0 heterocycles. The standard InChI is InChI=1S/C49H52N4O/c1-50(2)43-24-15-36(16-25-43)47(37-17-26-44(27-18-37)51(3)4)32-23-42(34-48(54)41-14-13-35-11-9-10-12-40(35)33-41)49(38-19-28-45(29-20-38)52(5)6)39-21-30-46(31-22-39)53(7)8/h9-22,24-33H,23,34H2,1-8H3. The van der Waals surface area contributed by atoms with Crippen LogP contribution in [-0.2, 0) is 0 Å². The Kier molecular flexibility index (Phi) is 11.7. The van der Waals surface area contributed by atoms with Gasteiger partial charge in [0.25, 0.3) is 0 Å². The summed E-state index contributed by atoms with van der Waals surface area (Å²) in [4.78, 5) is 22.9. The summed E-state index contributed by atoms with van der Waals surface area (Å²) in [5.41, 5.74) is 13.0. The lowest BCUT2D eigenvalue weighted by Gasteiger charge is -2.20. The average Bonchev–Trinajstić information content (AvgIpc) is 3.18. The molecule has 5 heteroatoms. The smallest absolute Gasteiger partial charge is 0.166 e. The highest BCUT2D eigenvalue weighted by atomic mass is 16.1. The fourth-order valence-electron chi connectivity index (χ4n) is 6.85. The van der Waals surface area contributed by atoms with E-state index in [1.54, 1.807) is 0 Å². The lowest BCUT2D eigenvalue weighted by Crippen LogP contribution is -2.09. The van der Waals surface area contributed by atoms with E-state index >= 15 is 0 Å². The molecule has 0 unspecified atom stereocenters. The normalized spacial score (nSPS) is 10.8. The van der Waals surface area contributed by atoms with Gasteiger partial charge in [-0.15, -0.1) is 0 Å². The summed E-state index contributed by atoms with van der Waals surface area (Å²) in [6.07, 6.45) is 3.18. The number of benzene rings is 6. The number of hydrogen-bond donors (Lipinski definition) is 0. The third kappa shape index (κ3) is 8.75. The molecule has 0 fully saturated rings. The van der Waals surface area contributed by atoms with Crippen LogP contribution >= 0.6 is 0 Å². The van der Waals surface area contributed by atoms with Crippen molar-refractivity contribution < 1.29 is 4.79 Å². The number of allylic oxidation sites excluding steroid dienone is 2. The molecule has 274 valence electrons. The number of ketones is 1. The van der Waals surface area contributed by atoms with E-state index < -0.39 is 0 Å². The summed E-state index contributed by atoms with van der Waals surface area (Å²) in [7, 11) is 16.5. The largest absolute Gasteiger partial charge is 0.378 e. The predicted octanol–water partition coefficient (Wildman–Crippen LogP) is 10.7. The first kappa shape index (κ1) is 37.7. The zero-order valence-corrected chi connectivity index (χ0v) is 33.0. The van der Waals surface area contributed by atoms with Crippen molar-refractivity contribution in [2.45, 2.75) is 12.8 Å². The Morgan fingerprint density at radius 2 is 0.815 bits per heavy atom. The molecule has 0 aliphatic rings. The van der Waals surface area contributed by atoms with Crippen molar-refractivity contribution in [2.24, 2.45) is 0 Å². The van der Waals surface area contributed by atoms with Gasteiger partial charge < -0.3 is 19.6 Å². The van der Waals surface area contributed by atoms with E-state index in [-0.39, 0.29) is 12.2 Å². The molecule has 6 aromatic carbocycles. The quantitative estimate of drug-likeness (QED) is 0.111. The van der Waals surface area contributed by atoms with Gasteiger partial charge in [-0.3, -0.25) is 4.79 Å². The van der Waals surface area contributed by atoms with Crippen LogP contribution in [0, 0.1) is 0 Å². The monoisotopic (exact) mass is 712 g/mol. The Bertz CT molecular complexity index is 2150. The van der Waals surface area contributed by atoms with Gasteiger partial charge in [0.05, 0.1) is 0 Å². The number of anilines is 4. The highest BCUT2D eigenvalue weighted by Gasteiger charge is 2.18. The fraction of sp³-hybridized carbons (Fsp3) is 0.204. The second kappa shape index (κ2) is 16.7. The summed E-state index contributed by atoms with van der Waals surface area (Å²) in [5.74, 6) is 0.101. The molecule has 0 N–H and O–H groups in total. The molecule has 0 amide bonds. The number of Topliss-reactive ketones (excluding diaryl/α,β-unsaturated/α-hetero) is 1. The van der Waals surface area contributed by atoms with Crippen LogP contribution in [0.25, 0.3) is 21.9 Å². The number of nitrogens with zero attached hydrogens (tertiary/aromatic N) is 4. The van der Waals surface area contributed by atoms with Crippen LogP contribution < -0.4 is 19.6 Å². The van der Waals surface area contributed by atoms with Gasteiger partial charge in [-0.1, -0.05) is 96.6 Å². The molecular weight excluding hydrogens is 661 g/mol. The average molecular weight is 713 g/mol. The summed E-state index contributed by atoms with van der Waals surface area (Å²) < 4.78 is 0. The minimum atomic E-state index is 0.101. The van der Waals surface area contributed by atoms with E-state index in [2.05, 4.69) is 197 Å². The summed E-state index contributed by atoms with van der Waals surface area (Å²) in [6.45, 7) is 0. The van der Waals surface area contributed by atoms with Gasteiger partial charge in [0.1, 0.15) is 0 Å². The van der Waals surface area contributed by atoms with Gasteiger partial charge in [0.2, 0.25) is 0 Å². The molecule has 0 bridgehead atoms. The predicted molar refractivity (Wildman–Crippen MR) is 234 cm³/mol. The summed E-state index contributed by atoms with van der Waals surface area (Å²) >= 11 is 0. The Morgan fingerprint density at radius 3 is 1.22 bits per heavy atom. The molecule has 5 nitrogen and oxygen atoms in total. The molecule has 0 aromatic heterocycles. The van der Waals surface area contributed by atoms with E-state index in [1.165, 1.54) is 0 Å². The Balaban J connectivity index is 1.55. The molecule has 0 spiro atoms. The molecule has 6 rings (SSSR count). The molecular formula is C49H52N4O. The van der Waals surface area contributed by atoms with Gasteiger partial charge in [-0.2, -0.15) is 0 Å². The van der Waals surface area contributed by atoms with Gasteiger partial charge >= 0.3 is 0 Å². The first-order chi connectivity index (χ1) is 26.0. The highest BCUT2D eigenvalue weighted by Crippen LogP contribution is 2.36. The molecule has 0 atom stereocenters. The van der Waals surface area contributed by atoms with Crippen molar-refractivity contribution in [1.29, 1.82) is 0 Å². The second-order valence-electron chi connectivity index (χ2n) is 14.7. The zero-order chi connectivity index (χ0) is 38.4. The van der Waals surface area contributed by atoms with Gasteiger partial charge in [0, 0.05) is 91.1 Å². The third-order valence-corrected chi connectivity index (χ3v) is 10.1. The van der Waals surface area contributed by atoms with E-state index in [1.807, 2.05) is 24.3 Å². The van der Waals surface area contributed by atoms with Crippen molar-refractivity contribution >= 4 is 50.5 Å². The Labute approximate surface area is 322 Å². The summed E-state index contributed by atoms with van der Waals surface area (Å²) in [6, 6.07) is 49.1. The van der Waals surface area contributed by atoms with Crippen LogP contribution in [0.4, 0.5) is 22.7 Å². The highest BCUT2D eigenvalue weighted by molar-refractivity contribution is 6.02. The molecule has 0 aliphatic carbocycles. The summed E-state index contributed by atoms with van der Waals surface area (Å²) in [5, 5.41) is 2.19. The first-order valence-corrected chi connectivity index (χ1v) is 18.5. The van der Waals surface area contributed by atoms with Crippen LogP contribution in [0.5, 0.6) is 0 Å². The topological polar surface area (TPSA) is 30.0 Å². The van der Waals surface area contributed by atoms with Crippen molar-refractivity contribution in [3.63, 3.8) is 0 Å². The maximum absolute atomic E-state index is 14.5. The minimum Gasteiger partial charge on any atom is -0.378 e. The van der Waals surface area contributed by atoms with Gasteiger partial charge in [0.15, 0.2) is 5.78 Å². The van der Waals surface area contributed by atoms with Crippen molar-refractivity contribution in [1.82, 2.24) is 0 Å². The van der Waals surface area contributed by atoms with Gasteiger partial charge in [-0.25, -0.2) is 0 Å². The first-order valence-electron chi connectivity index (χ1n) is 18.5. The maximum Gasteiger partial charge on any atom is 0.166 e.